The third-order valence-corrected chi connectivity index (χ3v) is 5.44. The highest BCUT2D eigenvalue weighted by atomic mass is 19.4. The lowest BCUT2D eigenvalue weighted by Crippen LogP contribution is -2.59. The van der Waals surface area contributed by atoms with E-state index >= 15 is 0 Å². The van der Waals surface area contributed by atoms with Crippen molar-refractivity contribution in [1.82, 2.24) is 9.55 Å². The number of nitrogens with zero attached hydrogens (tertiary/aromatic N) is 2. The van der Waals surface area contributed by atoms with Crippen LogP contribution in [0.25, 0.3) is 5.69 Å². The summed E-state index contributed by atoms with van der Waals surface area (Å²) in [6.45, 7) is 1.69. The zero-order valence-corrected chi connectivity index (χ0v) is 18.0. The Kier molecular flexibility index (Phi) is 5.53. The molecule has 2 N–H and O–H groups in total. The van der Waals surface area contributed by atoms with Gasteiger partial charge in [0.05, 0.1) is 12.8 Å². The fraction of sp³-hybridized carbons (Fsp3) is 0.227. The van der Waals surface area contributed by atoms with Gasteiger partial charge in [0, 0.05) is 5.56 Å². The van der Waals surface area contributed by atoms with E-state index in [0.717, 1.165) is 6.07 Å². The molecule has 0 spiro atoms. The molecule has 13 heteroatoms. The molecule has 0 fully saturated rings. The van der Waals surface area contributed by atoms with Crippen molar-refractivity contribution in [2.24, 2.45) is 4.99 Å². The summed E-state index contributed by atoms with van der Waals surface area (Å²) in [5.41, 5.74) is -9.44. The summed E-state index contributed by atoms with van der Waals surface area (Å²) in [4.78, 5) is 29.9. The van der Waals surface area contributed by atoms with Crippen LogP contribution in [0.1, 0.15) is 16.7 Å². The summed E-state index contributed by atoms with van der Waals surface area (Å²) in [7, 11) is 1.26. The standard InChI is InChI=1S/C22H16F6N4O3/c1-11-6-8-13(9-7-11)32-17-15(18(33)30-19(32)34)20(21(23,24)25,22(26,27)28)31-16(29-17)12-4-3-5-14(10-12)35-2/h3-10H,1-2H3,(H,29,31)(H,30,33,34). The summed E-state index contributed by atoms with van der Waals surface area (Å²) in [5, 5.41) is 2.36. The van der Waals surface area contributed by atoms with E-state index in [-0.39, 0.29) is 17.0 Å². The summed E-state index contributed by atoms with van der Waals surface area (Å²) in [6, 6.07) is 10.8. The summed E-state index contributed by atoms with van der Waals surface area (Å²) in [6.07, 6.45) is -12.2. The van der Waals surface area contributed by atoms with Crippen molar-refractivity contribution in [2.75, 3.05) is 12.4 Å². The second-order valence-electron chi connectivity index (χ2n) is 7.68. The number of fused-ring (bicyclic) bond motifs is 1. The first-order valence-corrected chi connectivity index (χ1v) is 9.92. The van der Waals surface area contributed by atoms with Gasteiger partial charge in [-0.1, -0.05) is 29.8 Å². The number of aromatic nitrogens is 2. The van der Waals surface area contributed by atoms with E-state index in [9.17, 15) is 35.9 Å². The summed E-state index contributed by atoms with van der Waals surface area (Å²) in [5.74, 6) is -1.74. The SMILES string of the molecule is COc1cccc(C2=NC(C(F)(F)F)(C(F)(F)F)c3c(n(-c4ccc(C)cc4)c(=O)[nH]c3=O)N2)c1. The summed E-state index contributed by atoms with van der Waals surface area (Å²) < 4.78 is 91.7. The van der Waals surface area contributed by atoms with E-state index in [0.29, 0.717) is 10.1 Å². The monoisotopic (exact) mass is 498 g/mol. The third-order valence-electron chi connectivity index (χ3n) is 5.44. The number of rotatable bonds is 3. The maximum atomic E-state index is 14.4. The number of alkyl halides is 6. The fourth-order valence-corrected chi connectivity index (χ4v) is 3.77. The normalized spacial score (nSPS) is 15.1. The molecule has 7 nitrogen and oxygen atoms in total. The lowest BCUT2D eigenvalue weighted by atomic mass is 9.87. The van der Waals surface area contributed by atoms with E-state index < -0.39 is 46.4 Å². The van der Waals surface area contributed by atoms with Gasteiger partial charge in [0.1, 0.15) is 23.0 Å². The minimum absolute atomic E-state index is 0.0780. The van der Waals surface area contributed by atoms with Gasteiger partial charge in [0.25, 0.3) is 11.1 Å². The van der Waals surface area contributed by atoms with Gasteiger partial charge in [-0.25, -0.2) is 14.4 Å². The van der Waals surface area contributed by atoms with Gasteiger partial charge in [-0.15, -0.1) is 0 Å². The molecular weight excluding hydrogens is 482 g/mol. The second-order valence-corrected chi connectivity index (χ2v) is 7.68. The van der Waals surface area contributed by atoms with E-state index in [1.165, 1.54) is 49.6 Å². The van der Waals surface area contributed by atoms with Crippen molar-refractivity contribution in [3.8, 4) is 11.4 Å². The van der Waals surface area contributed by atoms with Crippen LogP contribution in [0.5, 0.6) is 5.75 Å². The van der Waals surface area contributed by atoms with Gasteiger partial charge in [-0.2, -0.15) is 26.3 Å². The molecule has 0 atom stereocenters. The van der Waals surface area contributed by atoms with E-state index in [1.54, 1.807) is 11.9 Å². The van der Waals surface area contributed by atoms with Gasteiger partial charge in [0.15, 0.2) is 0 Å². The highest BCUT2D eigenvalue weighted by Gasteiger charge is 2.75. The van der Waals surface area contributed by atoms with Crippen LogP contribution in [0.2, 0.25) is 0 Å². The Bertz CT molecular complexity index is 1420. The number of anilines is 1. The van der Waals surface area contributed by atoms with Crippen LogP contribution in [0.4, 0.5) is 32.2 Å². The van der Waals surface area contributed by atoms with Crippen molar-refractivity contribution in [2.45, 2.75) is 24.8 Å². The molecule has 0 bridgehead atoms. The van der Waals surface area contributed by atoms with Crippen LogP contribution in [0.15, 0.2) is 63.1 Å². The minimum atomic E-state index is -6.10. The molecule has 1 aliphatic heterocycles. The highest BCUT2D eigenvalue weighted by Crippen LogP contribution is 2.55. The van der Waals surface area contributed by atoms with Gasteiger partial charge < -0.3 is 10.1 Å². The first-order chi connectivity index (χ1) is 16.3. The molecule has 0 saturated carbocycles. The number of aryl methyl sites for hydroxylation is 1. The van der Waals surface area contributed by atoms with Crippen molar-refractivity contribution >= 4 is 11.7 Å². The maximum absolute atomic E-state index is 14.4. The van der Waals surface area contributed by atoms with Crippen molar-refractivity contribution in [1.29, 1.82) is 0 Å². The number of benzene rings is 2. The Morgan fingerprint density at radius 1 is 0.971 bits per heavy atom. The van der Waals surface area contributed by atoms with Crippen LogP contribution in [-0.2, 0) is 5.54 Å². The molecule has 0 amide bonds. The average molecular weight is 498 g/mol. The zero-order chi connectivity index (χ0) is 25.8. The Morgan fingerprint density at radius 2 is 1.60 bits per heavy atom. The number of amidine groups is 1. The van der Waals surface area contributed by atoms with E-state index in [1.807, 2.05) is 0 Å². The van der Waals surface area contributed by atoms with Crippen LogP contribution >= 0.6 is 0 Å². The quantitative estimate of drug-likeness (QED) is 0.534. The Morgan fingerprint density at radius 3 is 2.17 bits per heavy atom. The van der Waals surface area contributed by atoms with E-state index in [2.05, 4.69) is 10.3 Å². The lowest BCUT2D eigenvalue weighted by molar-refractivity contribution is -0.301. The largest absolute Gasteiger partial charge is 0.497 e. The molecule has 0 aliphatic carbocycles. The van der Waals surface area contributed by atoms with Crippen molar-refractivity contribution in [3.05, 3.63) is 86.1 Å². The van der Waals surface area contributed by atoms with Crippen LogP contribution < -0.4 is 21.3 Å². The molecule has 0 saturated heterocycles. The molecule has 4 rings (SSSR count). The molecule has 184 valence electrons. The number of halogens is 6. The van der Waals surface area contributed by atoms with Gasteiger partial charge in [0.2, 0.25) is 0 Å². The number of hydrogen-bond donors (Lipinski definition) is 2. The number of methoxy groups -OCH3 is 1. The molecule has 2 heterocycles. The number of hydrogen-bond acceptors (Lipinski definition) is 5. The van der Waals surface area contributed by atoms with Crippen molar-refractivity contribution < 1.29 is 31.1 Å². The first kappa shape index (κ1) is 24.1. The topological polar surface area (TPSA) is 88.5 Å². The molecule has 35 heavy (non-hydrogen) atoms. The summed E-state index contributed by atoms with van der Waals surface area (Å²) >= 11 is 0. The number of H-pyrrole nitrogens is 1. The number of nitrogens with one attached hydrogen (secondary N) is 2. The van der Waals surface area contributed by atoms with Gasteiger partial charge in [-0.05, 0) is 31.2 Å². The van der Waals surface area contributed by atoms with Crippen LogP contribution in [0, 0.1) is 6.92 Å². The van der Waals surface area contributed by atoms with Crippen molar-refractivity contribution in [3.63, 3.8) is 0 Å². The Balaban J connectivity index is 2.16. The molecule has 0 unspecified atom stereocenters. The minimum Gasteiger partial charge on any atom is -0.497 e. The smallest absolute Gasteiger partial charge is 0.427 e. The Hall–Kier alpha value is -4.03. The molecular formula is C22H16F6N4O3. The average Bonchev–Trinajstić information content (AvgIpc) is 2.78. The number of aliphatic imine (C=N–C) groups is 1. The third kappa shape index (κ3) is 3.76. The molecule has 2 aromatic carbocycles. The highest BCUT2D eigenvalue weighted by molar-refractivity contribution is 6.10. The van der Waals surface area contributed by atoms with Crippen LogP contribution in [0.3, 0.4) is 0 Å². The van der Waals surface area contributed by atoms with Gasteiger partial charge >= 0.3 is 18.0 Å². The maximum Gasteiger partial charge on any atom is 0.427 e. The second kappa shape index (κ2) is 8.03. The molecule has 3 aromatic rings. The lowest BCUT2D eigenvalue weighted by Gasteiger charge is -2.38. The molecule has 1 aromatic heterocycles. The molecule has 1 aliphatic rings. The predicted octanol–water partition coefficient (Wildman–Crippen LogP) is 4.04. The van der Waals surface area contributed by atoms with E-state index in [4.69, 9.17) is 4.74 Å². The number of ether oxygens (including phenoxy) is 1. The number of aromatic amines is 1. The van der Waals surface area contributed by atoms with Gasteiger partial charge in [-0.3, -0.25) is 9.78 Å². The predicted molar refractivity (Wildman–Crippen MR) is 114 cm³/mol. The van der Waals surface area contributed by atoms with Crippen LogP contribution in [-0.4, -0.2) is 34.8 Å². The fourth-order valence-electron chi connectivity index (χ4n) is 3.77. The Labute approximate surface area is 192 Å². The first-order valence-electron chi connectivity index (χ1n) is 9.92. The molecule has 0 radical (unpaired) electrons. The zero-order valence-electron chi connectivity index (χ0n) is 18.0.